The van der Waals surface area contributed by atoms with Crippen molar-refractivity contribution in [2.75, 3.05) is 7.11 Å². The van der Waals surface area contributed by atoms with Gasteiger partial charge in [0.15, 0.2) is 0 Å². The van der Waals surface area contributed by atoms with Gasteiger partial charge in [-0.1, -0.05) is 43.9 Å². The van der Waals surface area contributed by atoms with Crippen LogP contribution >= 0.6 is 0 Å². The molecule has 2 aromatic rings. The molecule has 1 aliphatic rings. The minimum Gasteiger partial charge on any atom is -0.494 e. The van der Waals surface area contributed by atoms with E-state index in [0.29, 0.717) is 6.04 Å². The van der Waals surface area contributed by atoms with Gasteiger partial charge < -0.3 is 10.1 Å². The van der Waals surface area contributed by atoms with E-state index in [9.17, 15) is 0 Å². The Kier molecular flexibility index (Phi) is 4.71. The second kappa shape index (κ2) is 6.90. The third-order valence-electron chi connectivity index (χ3n) is 4.39. The number of para-hydroxylation sites is 1. The van der Waals surface area contributed by atoms with Crippen molar-refractivity contribution in [2.24, 2.45) is 0 Å². The van der Waals surface area contributed by atoms with Gasteiger partial charge in [0.1, 0.15) is 11.3 Å². The minimum atomic E-state index is 0.655. The fraction of sp³-hybridized carbons (Fsp3) is 0.500. The van der Waals surface area contributed by atoms with Crippen molar-refractivity contribution in [3.63, 3.8) is 0 Å². The highest BCUT2D eigenvalue weighted by Crippen LogP contribution is 2.23. The molecule has 0 atom stereocenters. The molecular weight excluding hydrogens is 260 g/mol. The number of rotatable bonds is 4. The molecule has 0 saturated heterocycles. The quantitative estimate of drug-likeness (QED) is 0.860. The first kappa shape index (κ1) is 14.3. The Morgan fingerprint density at radius 2 is 1.90 bits per heavy atom. The second-order valence-electron chi connectivity index (χ2n) is 5.90. The number of pyridine rings is 1. The lowest BCUT2D eigenvalue weighted by Crippen LogP contribution is -2.28. The van der Waals surface area contributed by atoms with Crippen molar-refractivity contribution in [3.8, 4) is 5.75 Å². The van der Waals surface area contributed by atoms with E-state index in [2.05, 4.69) is 23.5 Å². The van der Waals surface area contributed by atoms with Crippen LogP contribution in [0.4, 0.5) is 0 Å². The molecule has 1 aliphatic carbocycles. The molecule has 1 fully saturated rings. The third-order valence-corrected chi connectivity index (χ3v) is 4.39. The molecule has 1 aromatic heterocycles. The number of hydrogen-bond acceptors (Lipinski definition) is 3. The van der Waals surface area contributed by atoms with Crippen molar-refractivity contribution in [1.82, 2.24) is 10.3 Å². The summed E-state index contributed by atoms with van der Waals surface area (Å²) in [5.74, 6) is 0.851. The summed E-state index contributed by atoms with van der Waals surface area (Å²) in [6.07, 6.45) is 8.11. The Morgan fingerprint density at radius 1 is 1.10 bits per heavy atom. The number of nitrogens with zero attached hydrogens (tertiary/aromatic N) is 1. The highest BCUT2D eigenvalue weighted by Gasteiger charge is 2.12. The topological polar surface area (TPSA) is 34.1 Å². The zero-order valence-electron chi connectivity index (χ0n) is 12.8. The maximum atomic E-state index is 5.41. The van der Waals surface area contributed by atoms with Crippen LogP contribution in [0.25, 0.3) is 10.9 Å². The number of aromatic nitrogens is 1. The van der Waals surface area contributed by atoms with Crippen LogP contribution in [-0.2, 0) is 6.54 Å². The summed E-state index contributed by atoms with van der Waals surface area (Å²) in [5.41, 5.74) is 2.05. The molecule has 1 saturated carbocycles. The Hall–Kier alpha value is -1.61. The number of benzene rings is 1. The summed E-state index contributed by atoms with van der Waals surface area (Å²) >= 11 is 0. The molecule has 1 heterocycles. The highest BCUT2D eigenvalue weighted by molar-refractivity contribution is 5.84. The van der Waals surface area contributed by atoms with E-state index in [-0.39, 0.29) is 0 Å². The van der Waals surface area contributed by atoms with E-state index in [1.54, 1.807) is 7.11 Å². The van der Waals surface area contributed by atoms with Gasteiger partial charge in [0.25, 0.3) is 0 Å². The molecule has 1 aromatic carbocycles. The summed E-state index contributed by atoms with van der Waals surface area (Å²) in [6.45, 7) is 0.846. The van der Waals surface area contributed by atoms with Gasteiger partial charge in [-0.3, -0.25) is 0 Å². The molecule has 3 nitrogen and oxygen atoms in total. The molecule has 0 amide bonds. The van der Waals surface area contributed by atoms with Gasteiger partial charge in [-0.15, -0.1) is 0 Å². The average molecular weight is 284 g/mol. The number of hydrogen-bond donors (Lipinski definition) is 1. The first-order valence-electron chi connectivity index (χ1n) is 8.03. The van der Waals surface area contributed by atoms with Crippen LogP contribution in [0.1, 0.15) is 44.2 Å². The number of nitrogens with one attached hydrogen (secondary N) is 1. The molecule has 3 rings (SSSR count). The molecule has 0 bridgehead atoms. The van der Waals surface area contributed by atoms with Crippen LogP contribution in [0.15, 0.2) is 30.3 Å². The standard InChI is InChI=1S/C18H24N2O/c1-21-17-10-6-7-14-11-12-16(20-18(14)17)13-19-15-8-4-2-3-5-9-15/h6-7,10-12,15,19H,2-5,8-9,13H2,1H3. The molecule has 21 heavy (non-hydrogen) atoms. The van der Waals surface area contributed by atoms with Crippen molar-refractivity contribution >= 4 is 10.9 Å². The van der Waals surface area contributed by atoms with Gasteiger partial charge in [0, 0.05) is 18.0 Å². The maximum absolute atomic E-state index is 5.41. The average Bonchev–Trinajstić information content (AvgIpc) is 2.81. The van der Waals surface area contributed by atoms with E-state index < -0.39 is 0 Å². The lowest BCUT2D eigenvalue weighted by Gasteiger charge is -2.16. The fourth-order valence-corrected chi connectivity index (χ4v) is 3.16. The Bertz CT molecular complexity index is 589. The molecule has 0 spiro atoms. The summed E-state index contributed by atoms with van der Waals surface area (Å²) in [7, 11) is 1.70. The summed E-state index contributed by atoms with van der Waals surface area (Å²) in [6, 6.07) is 11.0. The van der Waals surface area contributed by atoms with Crippen LogP contribution < -0.4 is 10.1 Å². The maximum Gasteiger partial charge on any atom is 0.145 e. The van der Waals surface area contributed by atoms with Crippen molar-refractivity contribution in [2.45, 2.75) is 51.1 Å². The van der Waals surface area contributed by atoms with Gasteiger partial charge in [-0.05, 0) is 25.0 Å². The molecule has 1 N–H and O–H groups in total. The summed E-state index contributed by atoms with van der Waals surface area (Å²) in [4.78, 5) is 4.77. The monoisotopic (exact) mass is 284 g/mol. The lowest BCUT2D eigenvalue weighted by atomic mass is 10.1. The number of methoxy groups -OCH3 is 1. The first-order valence-corrected chi connectivity index (χ1v) is 8.03. The number of fused-ring (bicyclic) bond motifs is 1. The van der Waals surface area contributed by atoms with Crippen molar-refractivity contribution in [1.29, 1.82) is 0 Å². The van der Waals surface area contributed by atoms with E-state index >= 15 is 0 Å². The first-order chi connectivity index (χ1) is 10.4. The highest BCUT2D eigenvalue weighted by atomic mass is 16.5. The largest absolute Gasteiger partial charge is 0.494 e. The predicted octanol–water partition coefficient (Wildman–Crippen LogP) is 4.06. The Morgan fingerprint density at radius 3 is 2.67 bits per heavy atom. The predicted molar refractivity (Wildman–Crippen MR) is 86.6 cm³/mol. The smallest absolute Gasteiger partial charge is 0.145 e. The summed E-state index contributed by atoms with van der Waals surface area (Å²) < 4.78 is 5.41. The molecule has 0 unspecified atom stereocenters. The Balaban J connectivity index is 1.71. The van der Waals surface area contributed by atoms with Gasteiger partial charge in [-0.2, -0.15) is 0 Å². The van der Waals surface area contributed by atoms with Crippen LogP contribution in [0.2, 0.25) is 0 Å². The zero-order chi connectivity index (χ0) is 14.5. The van der Waals surface area contributed by atoms with E-state index in [0.717, 1.165) is 28.9 Å². The second-order valence-corrected chi connectivity index (χ2v) is 5.90. The van der Waals surface area contributed by atoms with E-state index in [1.807, 2.05) is 12.1 Å². The van der Waals surface area contributed by atoms with Crippen LogP contribution in [0.3, 0.4) is 0 Å². The van der Waals surface area contributed by atoms with Crippen molar-refractivity contribution in [3.05, 3.63) is 36.0 Å². The molecule has 3 heteroatoms. The van der Waals surface area contributed by atoms with Gasteiger partial charge in [-0.25, -0.2) is 4.98 Å². The zero-order valence-corrected chi connectivity index (χ0v) is 12.8. The SMILES string of the molecule is COc1cccc2ccc(CNC3CCCCCC3)nc12. The third kappa shape index (κ3) is 3.53. The molecular formula is C18H24N2O. The Labute approximate surface area is 126 Å². The minimum absolute atomic E-state index is 0.655. The van der Waals surface area contributed by atoms with Crippen LogP contribution in [0, 0.1) is 0 Å². The van der Waals surface area contributed by atoms with Gasteiger partial charge in [0.2, 0.25) is 0 Å². The van der Waals surface area contributed by atoms with Gasteiger partial charge >= 0.3 is 0 Å². The van der Waals surface area contributed by atoms with Crippen LogP contribution in [0.5, 0.6) is 5.75 Å². The molecule has 112 valence electrons. The van der Waals surface area contributed by atoms with Gasteiger partial charge in [0.05, 0.1) is 12.8 Å². The van der Waals surface area contributed by atoms with E-state index in [4.69, 9.17) is 9.72 Å². The number of ether oxygens (including phenoxy) is 1. The fourth-order valence-electron chi connectivity index (χ4n) is 3.16. The van der Waals surface area contributed by atoms with E-state index in [1.165, 1.54) is 38.5 Å². The van der Waals surface area contributed by atoms with Crippen LogP contribution in [-0.4, -0.2) is 18.1 Å². The normalized spacial score (nSPS) is 16.8. The molecule has 0 radical (unpaired) electrons. The molecule has 0 aliphatic heterocycles. The summed E-state index contributed by atoms with van der Waals surface area (Å²) in [5, 5.41) is 4.81. The van der Waals surface area contributed by atoms with Crippen molar-refractivity contribution < 1.29 is 4.74 Å². The lowest BCUT2D eigenvalue weighted by molar-refractivity contribution is 0.418.